The van der Waals surface area contributed by atoms with Crippen LogP contribution in [0.25, 0.3) is 0 Å². The van der Waals surface area contributed by atoms with Crippen molar-refractivity contribution in [3.05, 3.63) is 62.8 Å². The Kier molecular flexibility index (Phi) is 7.85. The zero-order valence-electron chi connectivity index (χ0n) is 12.2. The molecule has 2 nitrogen and oxygen atoms in total. The third kappa shape index (κ3) is 5.20. The predicted molar refractivity (Wildman–Crippen MR) is 82.5 cm³/mol. The van der Waals surface area contributed by atoms with Gasteiger partial charge in [0.1, 0.15) is 6.61 Å². The van der Waals surface area contributed by atoms with E-state index in [1.807, 2.05) is 32.1 Å². The van der Waals surface area contributed by atoms with Crippen LogP contribution < -0.4 is 0 Å². The third-order valence-electron chi connectivity index (χ3n) is 3.00. The molecule has 0 bridgehead atoms. The van der Waals surface area contributed by atoms with E-state index in [1.165, 1.54) is 11.5 Å². The summed E-state index contributed by atoms with van der Waals surface area (Å²) in [6, 6.07) is 0. The molecular weight excluding hydrogens is 306 g/mol. The minimum absolute atomic E-state index is 0. The molecule has 2 fully saturated rings. The average molecular weight is 327 g/mol. The van der Waals surface area contributed by atoms with Crippen LogP contribution in [0.4, 0.5) is 0 Å². The van der Waals surface area contributed by atoms with E-state index in [1.54, 1.807) is 0 Å². The number of ether oxygens (including phenoxy) is 1. The molecule has 0 N–H and O–H groups in total. The van der Waals surface area contributed by atoms with E-state index >= 15 is 0 Å². The summed E-state index contributed by atoms with van der Waals surface area (Å²) in [7, 11) is -1.25. The van der Waals surface area contributed by atoms with E-state index in [-0.39, 0.29) is 17.1 Å². The summed E-state index contributed by atoms with van der Waals surface area (Å²) >= 11 is 0. The maximum atomic E-state index is 5.51. The normalized spacial score (nSPS) is 23.6. The van der Waals surface area contributed by atoms with Gasteiger partial charge in [-0.15, -0.1) is 0 Å². The van der Waals surface area contributed by atoms with Crippen LogP contribution in [0.3, 0.4) is 0 Å². The number of hydrogen-bond donors (Lipinski definition) is 0. The van der Waals surface area contributed by atoms with Crippen LogP contribution in [0, 0.1) is 62.8 Å². The van der Waals surface area contributed by atoms with Crippen LogP contribution in [-0.2, 0) is 21.8 Å². The van der Waals surface area contributed by atoms with E-state index in [2.05, 4.69) is 43.9 Å². The maximum Gasteiger partial charge on any atom is 2.00 e. The summed E-state index contributed by atoms with van der Waals surface area (Å²) in [5.74, 6) is 2.08. The molecule has 3 aliphatic rings. The molecular formula is C16H21FeNOSi+2. The molecule has 3 rings (SSSR count). The van der Waals surface area contributed by atoms with Gasteiger partial charge < -0.3 is 4.74 Å². The van der Waals surface area contributed by atoms with Crippen molar-refractivity contribution in [3.8, 4) is 0 Å². The Balaban J connectivity index is 0.000000283. The van der Waals surface area contributed by atoms with Crippen molar-refractivity contribution in [2.45, 2.75) is 19.6 Å². The second-order valence-corrected chi connectivity index (χ2v) is 10.6. The predicted octanol–water partition coefficient (Wildman–Crippen LogP) is 3.09. The van der Waals surface area contributed by atoms with Gasteiger partial charge in [-0.05, 0) is 56.9 Å². The van der Waals surface area contributed by atoms with Crippen molar-refractivity contribution < 1.29 is 21.8 Å². The summed E-state index contributed by atoms with van der Waals surface area (Å²) in [5, 5.41) is 0. The maximum absolute atomic E-state index is 5.51. The smallest absolute Gasteiger partial charge is 0.479 e. The minimum Gasteiger partial charge on any atom is -0.479 e. The first-order chi connectivity index (χ1) is 9.09. The molecule has 1 heterocycles. The van der Waals surface area contributed by atoms with Gasteiger partial charge in [0.15, 0.2) is 5.90 Å². The van der Waals surface area contributed by atoms with Crippen molar-refractivity contribution >= 4 is 14.0 Å². The first kappa shape index (κ1) is 18.3. The van der Waals surface area contributed by atoms with Crippen LogP contribution in [-0.4, -0.2) is 27.1 Å². The molecule has 10 radical (unpaired) electrons. The molecule has 0 aromatic heterocycles. The summed E-state index contributed by atoms with van der Waals surface area (Å²) in [6.45, 7) is 8.60. The van der Waals surface area contributed by atoms with Gasteiger partial charge in [0.2, 0.25) is 0 Å². The zero-order valence-corrected chi connectivity index (χ0v) is 14.3. The first-order valence-electron chi connectivity index (χ1n) is 6.69. The molecule has 4 heteroatoms. The molecule has 106 valence electrons. The number of aliphatic imine (C=N–C) groups is 1. The molecule has 20 heavy (non-hydrogen) atoms. The number of hydrogen-bond acceptors (Lipinski definition) is 2. The fourth-order valence-electron chi connectivity index (χ4n) is 2.08. The molecule has 0 spiro atoms. The van der Waals surface area contributed by atoms with Crippen LogP contribution in [0.15, 0.2) is 4.99 Å². The van der Waals surface area contributed by atoms with Crippen molar-refractivity contribution in [2.24, 2.45) is 4.99 Å². The van der Waals surface area contributed by atoms with E-state index < -0.39 is 8.07 Å². The number of nitrogens with zero attached hydrogens (tertiary/aromatic N) is 1. The van der Waals surface area contributed by atoms with Crippen molar-refractivity contribution in [1.29, 1.82) is 0 Å². The van der Waals surface area contributed by atoms with E-state index in [0.29, 0.717) is 0 Å². The third-order valence-corrected chi connectivity index (χ3v) is 5.05. The summed E-state index contributed by atoms with van der Waals surface area (Å²) in [4.78, 5) is 4.37. The standard InChI is InChI=1S/C11H16NOSi.C5H5.Fe/c1-14(2,3)10-6-4-5-9(10)11-12-7-8-13-11;1-2-4-5-3-1;/h4-6H,7-8H2,1-3H3;1-5H;/q;;+2. The van der Waals surface area contributed by atoms with Gasteiger partial charge in [0.25, 0.3) is 0 Å². The van der Waals surface area contributed by atoms with Crippen LogP contribution >= 0.6 is 0 Å². The SMILES string of the molecule is C[Si](C)(C)[C]1[CH][CH][CH][C]1C1=NCCO1.[CH]1[CH][CH][CH][CH]1.[Fe+2]. The van der Waals surface area contributed by atoms with Gasteiger partial charge in [-0.2, -0.15) is 0 Å². The molecule has 2 saturated carbocycles. The van der Waals surface area contributed by atoms with E-state index in [0.717, 1.165) is 19.0 Å². The summed E-state index contributed by atoms with van der Waals surface area (Å²) < 4.78 is 5.51. The topological polar surface area (TPSA) is 21.6 Å². The number of rotatable bonds is 2. The quantitative estimate of drug-likeness (QED) is 0.714. The monoisotopic (exact) mass is 327 g/mol. The van der Waals surface area contributed by atoms with Crippen molar-refractivity contribution in [1.82, 2.24) is 0 Å². The molecule has 2 aliphatic carbocycles. The Morgan fingerprint density at radius 2 is 1.55 bits per heavy atom. The first-order valence-corrected chi connectivity index (χ1v) is 10.2. The fraction of sp³-hybridized carbons (Fsp3) is 0.312. The van der Waals surface area contributed by atoms with E-state index in [9.17, 15) is 0 Å². The molecule has 0 aromatic carbocycles. The second-order valence-electron chi connectivity index (χ2n) is 5.60. The van der Waals surface area contributed by atoms with Gasteiger partial charge in [-0.3, -0.25) is 4.99 Å². The van der Waals surface area contributed by atoms with Crippen LogP contribution in [0.5, 0.6) is 0 Å². The van der Waals surface area contributed by atoms with Gasteiger partial charge >= 0.3 is 17.1 Å². The Hall–Kier alpha value is 0.206. The van der Waals surface area contributed by atoms with Gasteiger partial charge in [-0.25, -0.2) is 0 Å². The molecule has 0 atom stereocenters. The Bertz CT molecular complexity index is 302. The Morgan fingerprint density at radius 1 is 0.950 bits per heavy atom. The van der Waals surface area contributed by atoms with Gasteiger partial charge in [-0.1, -0.05) is 19.6 Å². The van der Waals surface area contributed by atoms with Crippen molar-refractivity contribution in [3.63, 3.8) is 0 Å². The van der Waals surface area contributed by atoms with Crippen LogP contribution in [0.1, 0.15) is 0 Å². The van der Waals surface area contributed by atoms with Crippen molar-refractivity contribution in [2.75, 3.05) is 13.2 Å². The average Bonchev–Trinajstić information content (AvgIpc) is 3.13. The molecule has 0 aromatic rings. The largest absolute Gasteiger partial charge is 2.00 e. The Morgan fingerprint density at radius 3 is 2.00 bits per heavy atom. The molecule has 0 unspecified atom stereocenters. The second kappa shape index (κ2) is 8.60. The van der Waals surface area contributed by atoms with Gasteiger partial charge in [0, 0.05) is 0 Å². The Labute approximate surface area is 136 Å². The summed E-state index contributed by atoms with van der Waals surface area (Å²) in [5.41, 5.74) is 1.46. The molecule has 0 amide bonds. The fourth-order valence-corrected chi connectivity index (χ4v) is 3.67. The van der Waals surface area contributed by atoms with Crippen LogP contribution in [0.2, 0.25) is 19.6 Å². The molecule has 0 saturated heterocycles. The molecule has 1 aliphatic heterocycles. The minimum atomic E-state index is -1.25. The summed E-state index contributed by atoms with van der Waals surface area (Å²) in [6.07, 6.45) is 16.4. The van der Waals surface area contributed by atoms with E-state index in [4.69, 9.17) is 4.74 Å². The van der Waals surface area contributed by atoms with Gasteiger partial charge in [0.05, 0.1) is 20.5 Å². The zero-order chi connectivity index (χ0) is 13.7.